The molecule has 0 aliphatic rings. The Balaban J connectivity index is 1.39. The van der Waals surface area contributed by atoms with E-state index in [1.165, 1.54) is 0 Å². The van der Waals surface area contributed by atoms with Gasteiger partial charge in [-0.15, -0.1) is 0 Å². The van der Waals surface area contributed by atoms with Gasteiger partial charge in [-0.05, 0) is 107 Å². The van der Waals surface area contributed by atoms with E-state index in [0.29, 0.717) is 44.2 Å². The number of primary amides is 1. The third kappa shape index (κ3) is 19.4. The molecule has 0 fully saturated rings. The number of hydrogen-bond acceptors (Lipinski definition) is 10. The Morgan fingerprint density at radius 1 is 0.632 bits per heavy atom. The molecule has 17 nitrogen and oxygen atoms in total. The van der Waals surface area contributed by atoms with Gasteiger partial charge in [0, 0.05) is 41.0 Å². The first-order valence-corrected chi connectivity index (χ1v) is 24.0. The standard InChI is InChI=1S/C49H63BIN7O10/c1-2-3-16-39(48(65)58-42(50(67)68)29-32-12-6-4-7-13-32)56-47(64)40(24-25-43(52)60)57-49(66)41(31-59)55-45(62)30-38(28-33-18-19-34-14-9-10-15-36(34)27-33)54-44(61)17-8-5-11-26-53-46(63)35-20-22-37(51)23-21-35/h4,6-7,9-10,12-15,18-23,27,38-42,59,67-68H,2-3,5,8,11,16-17,24-26,28-31H2,1H3,(H2,52,60)(H,53,63)(H,54,61)(H,55,62)(H,56,64)(H,57,66)(H,58,65)/t38-,39-,40-,41-,42+/m0/s1/i51-2. The van der Waals surface area contributed by atoms with Crippen LogP contribution in [0.5, 0.6) is 0 Å². The van der Waals surface area contributed by atoms with Crippen LogP contribution >= 0.6 is 22.6 Å². The predicted octanol–water partition coefficient (Wildman–Crippen LogP) is 2.49. The van der Waals surface area contributed by atoms with Crippen LogP contribution < -0.4 is 37.6 Å². The van der Waals surface area contributed by atoms with Crippen LogP contribution in [-0.2, 0) is 41.6 Å². The number of aliphatic hydroxyl groups excluding tert-OH is 1. The van der Waals surface area contributed by atoms with Gasteiger partial charge in [-0.25, -0.2) is 0 Å². The SMILES string of the molecule is CCCC[C@H](NC(=O)[C@H](CCC(N)=O)NC(=O)[C@H](CO)NC(=O)C[C@H](Cc1ccc2ccccc2c1)NC(=O)CCCCCNC(=O)c1ccc([125I])cc1)C(=O)N[C@H](Cc1ccccc1)B(O)O. The molecule has 11 N–H and O–H groups in total. The van der Waals surface area contributed by atoms with Gasteiger partial charge in [-0.1, -0.05) is 99.0 Å². The lowest BCUT2D eigenvalue weighted by Gasteiger charge is -2.26. The van der Waals surface area contributed by atoms with Crippen molar-refractivity contribution in [3.8, 4) is 0 Å². The lowest BCUT2D eigenvalue weighted by Crippen LogP contribution is -2.59. The number of benzene rings is 4. The number of aliphatic hydroxyl groups is 1. The zero-order chi connectivity index (χ0) is 49.4. The van der Waals surface area contributed by atoms with Gasteiger partial charge in [-0.2, -0.15) is 0 Å². The summed E-state index contributed by atoms with van der Waals surface area (Å²) in [7, 11) is -1.92. The number of carbonyl (C=O) groups is 7. The molecule has 0 saturated heterocycles. The van der Waals surface area contributed by atoms with Gasteiger partial charge in [0.05, 0.1) is 12.5 Å². The van der Waals surface area contributed by atoms with Gasteiger partial charge < -0.3 is 52.8 Å². The molecule has 0 radical (unpaired) electrons. The van der Waals surface area contributed by atoms with Crippen molar-refractivity contribution in [2.75, 3.05) is 13.2 Å². The summed E-state index contributed by atoms with van der Waals surface area (Å²) in [6.45, 7) is 1.45. The van der Waals surface area contributed by atoms with Gasteiger partial charge in [-0.3, -0.25) is 33.6 Å². The van der Waals surface area contributed by atoms with Gasteiger partial charge in [0.15, 0.2) is 0 Å². The largest absolute Gasteiger partial charge is 0.475 e. The van der Waals surface area contributed by atoms with Crippen LogP contribution in [0, 0.1) is 3.57 Å². The van der Waals surface area contributed by atoms with Gasteiger partial charge in [0.1, 0.15) is 18.1 Å². The van der Waals surface area contributed by atoms with E-state index in [2.05, 4.69) is 54.5 Å². The lowest BCUT2D eigenvalue weighted by atomic mass is 9.75. The molecule has 364 valence electrons. The molecule has 7 amide bonds. The highest BCUT2D eigenvalue weighted by atomic mass is 125. The predicted molar refractivity (Wildman–Crippen MR) is 267 cm³/mol. The van der Waals surface area contributed by atoms with E-state index >= 15 is 0 Å². The van der Waals surface area contributed by atoms with Crippen LogP contribution in [0.25, 0.3) is 10.8 Å². The number of halogens is 1. The van der Waals surface area contributed by atoms with E-state index in [9.17, 15) is 48.7 Å². The fourth-order valence-corrected chi connectivity index (χ4v) is 7.81. The van der Waals surface area contributed by atoms with Crippen molar-refractivity contribution in [2.24, 2.45) is 5.73 Å². The molecular formula is C49H63BIN7O10. The summed E-state index contributed by atoms with van der Waals surface area (Å²) < 4.78 is 1.02. The van der Waals surface area contributed by atoms with Crippen molar-refractivity contribution in [3.63, 3.8) is 0 Å². The summed E-state index contributed by atoms with van der Waals surface area (Å²) in [6, 6.07) is 24.8. The van der Waals surface area contributed by atoms with Crippen LogP contribution in [-0.4, -0.2) is 107 Å². The molecular weight excluding hydrogens is 982 g/mol. The third-order valence-corrected chi connectivity index (χ3v) is 11.9. The van der Waals surface area contributed by atoms with Crippen molar-refractivity contribution < 1.29 is 48.7 Å². The van der Waals surface area contributed by atoms with Crippen LogP contribution in [0.4, 0.5) is 0 Å². The molecule has 0 unspecified atom stereocenters. The zero-order valence-electron chi connectivity index (χ0n) is 38.3. The number of rotatable bonds is 29. The number of amides is 7. The number of carbonyl (C=O) groups excluding carboxylic acids is 7. The van der Waals surface area contributed by atoms with Crippen LogP contribution in [0.3, 0.4) is 0 Å². The van der Waals surface area contributed by atoms with E-state index in [4.69, 9.17) is 5.73 Å². The maximum atomic E-state index is 13.8. The fourth-order valence-electron chi connectivity index (χ4n) is 7.45. The highest BCUT2D eigenvalue weighted by Gasteiger charge is 2.33. The molecule has 68 heavy (non-hydrogen) atoms. The van der Waals surface area contributed by atoms with E-state index in [-0.39, 0.29) is 56.8 Å². The summed E-state index contributed by atoms with van der Waals surface area (Å²) >= 11 is 2.17. The Morgan fingerprint density at radius 2 is 1.28 bits per heavy atom. The summed E-state index contributed by atoms with van der Waals surface area (Å²) in [5, 5.41) is 48.5. The molecule has 0 spiro atoms. The van der Waals surface area contributed by atoms with Gasteiger partial charge in [0.25, 0.3) is 5.91 Å². The Bertz CT molecular complexity index is 2290. The minimum absolute atomic E-state index is 0.0830. The van der Waals surface area contributed by atoms with Crippen LogP contribution in [0.2, 0.25) is 0 Å². The Labute approximate surface area is 410 Å². The van der Waals surface area contributed by atoms with E-state index in [1.807, 2.05) is 61.5 Å². The third-order valence-electron chi connectivity index (χ3n) is 11.2. The first-order valence-electron chi connectivity index (χ1n) is 23.0. The fraction of sp³-hybridized carbons (Fsp3) is 0.408. The van der Waals surface area contributed by atoms with Crippen molar-refractivity contribution in [3.05, 3.63) is 117 Å². The average molecular weight is 1050 g/mol. The minimum atomic E-state index is -1.92. The maximum Gasteiger partial charge on any atom is 0.475 e. The molecule has 5 atom stereocenters. The Morgan fingerprint density at radius 3 is 1.94 bits per heavy atom. The normalized spacial score (nSPS) is 13.2. The number of nitrogens with two attached hydrogens (primary N) is 1. The zero-order valence-corrected chi connectivity index (χ0v) is 40.4. The highest BCUT2D eigenvalue weighted by molar-refractivity contribution is 14.1. The number of fused-ring (bicyclic) bond motifs is 1. The molecule has 4 aromatic rings. The molecule has 0 saturated carbocycles. The number of nitrogens with one attached hydrogen (secondary N) is 6. The van der Waals surface area contributed by atoms with Crippen molar-refractivity contribution in [1.82, 2.24) is 31.9 Å². The van der Waals surface area contributed by atoms with Crippen LogP contribution in [0.15, 0.2) is 97.1 Å². The quantitative estimate of drug-likeness (QED) is 0.0216. The Kier molecular flexibility index (Phi) is 23.4. The molecule has 0 heterocycles. The van der Waals surface area contributed by atoms with E-state index < -0.39 is 73.4 Å². The van der Waals surface area contributed by atoms with Gasteiger partial charge >= 0.3 is 7.12 Å². The first kappa shape index (κ1) is 54.7. The molecule has 0 aromatic heterocycles. The second-order valence-corrected chi connectivity index (χ2v) is 18.0. The lowest BCUT2D eigenvalue weighted by molar-refractivity contribution is -0.135. The molecule has 0 bridgehead atoms. The molecule has 0 aliphatic carbocycles. The number of hydrogen-bond donors (Lipinski definition) is 10. The van der Waals surface area contributed by atoms with E-state index in [1.54, 1.807) is 42.5 Å². The molecule has 0 aliphatic heterocycles. The first-order chi connectivity index (χ1) is 32.6. The molecule has 4 rings (SSSR count). The van der Waals surface area contributed by atoms with Gasteiger partial charge in [0.2, 0.25) is 35.4 Å². The van der Waals surface area contributed by atoms with Crippen LogP contribution in [0.1, 0.15) is 92.6 Å². The van der Waals surface area contributed by atoms with Crippen molar-refractivity contribution in [2.45, 2.75) is 114 Å². The monoisotopic (exact) mass is 1050 g/mol. The summed E-state index contributed by atoms with van der Waals surface area (Å²) in [5.74, 6) is -5.56. The minimum Gasteiger partial charge on any atom is -0.426 e. The average Bonchev–Trinajstić information content (AvgIpc) is 3.31. The summed E-state index contributed by atoms with van der Waals surface area (Å²) in [4.78, 5) is 92.1. The smallest absolute Gasteiger partial charge is 0.426 e. The summed E-state index contributed by atoms with van der Waals surface area (Å²) in [5.41, 5.74) is 7.53. The molecule has 19 heteroatoms. The van der Waals surface area contributed by atoms with E-state index in [0.717, 1.165) is 25.5 Å². The second-order valence-electron chi connectivity index (χ2n) is 16.7. The van der Waals surface area contributed by atoms with Crippen molar-refractivity contribution in [1.29, 1.82) is 0 Å². The maximum absolute atomic E-state index is 13.8. The topological polar surface area (TPSA) is 278 Å². The second kappa shape index (κ2) is 29.1. The molecule has 4 aromatic carbocycles. The number of unbranched alkanes of at least 4 members (excludes halogenated alkanes) is 3. The highest BCUT2D eigenvalue weighted by Crippen LogP contribution is 2.18. The van der Waals surface area contributed by atoms with Crippen molar-refractivity contribution >= 4 is 81.8 Å². The Hall–Kier alpha value is -5.90. The summed E-state index contributed by atoms with van der Waals surface area (Å²) in [6.07, 6.45) is 2.77.